The fourth-order valence-corrected chi connectivity index (χ4v) is 3.89. The number of ether oxygens (including phenoxy) is 2. The van der Waals surface area contributed by atoms with Crippen molar-refractivity contribution in [1.82, 2.24) is 15.2 Å². The van der Waals surface area contributed by atoms with Crippen molar-refractivity contribution in [3.8, 4) is 11.5 Å². The van der Waals surface area contributed by atoms with Gasteiger partial charge in [0, 0.05) is 12.0 Å². The van der Waals surface area contributed by atoms with Crippen LogP contribution >= 0.6 is 0 Å². The zero-order valence-electron chi connectivity index (χ0n) is 13.5. The molecule has 23 heavy (non-hydrogen) atoms. The molecule has 1 atom stereocenters. The summed E-state index contributed by atoms with van der Waals surface area (Å²) in [6.07, 6.45) is 8.09. The highest BCUT2D eigenvalue weighted by molar-refractivity contribution is 5.32. The van der Waals surface area contributed by atoms with Crippen molar-refractivity contribution in [2.24, 2.45) is 5.41 Å². The summed E-state index contributed by atoms with van der Waals surface area (Å²) < 4.78 is 11.0. The number of hydrogen-bond acceptors (Lipinski definition) is 4. The summed E-state index contributed by atoms with van der Waals surface area (Å²) in [7, 11) is 1.65. The van der Waals surface area contributed by atoms with E-state index in [1.54, 1.807) is 7.11 Å². The highest BCUT2D eigenvalue weighted by Crippen LogP contribution is 2.65. The minimum atomic E-state index is 0.403. The second-order valence-corrected chi connectivity index (χ2v) is 6.79. The average molecular weight is 313 g/mol. The number of aromatic nitrogens is 3. The van der Waals surface area contributed by atoms with Crippen LogP contribution in [0.3, 0.4) is 0 Å². The Morgan fingerprint density at radius 2 is 2.04 bits per heavy atom. The number of aromatic amines is 1. The van der Waals surface area contributed by atoms with Gasteiger partial charge in [0.25, 0.3) is 0 Å². The number of methoxy groups -OCH3 is 1. The van der Waals surface area contributed by atoms with Gasteiger partial charge in [0.05, 0.1) is 7.11 Å². The normalized spacial score (nSPS) is 22.0. The molecule has 2 saturated carbocycles. The number of nitrogens with zero attached hydrogens (tertiary/aromatic N) is 2. The molecule has 1 aromatic heterocycles. The largest absolute Gasteiger partial charge is 0.497 e. The fraction of sp³-hybridized carbons (Fsp3) is 0.556. The van der Waals surface area contributed by atoms with Gasteiger partial charge >= 0.3 is 0 Å². The van der Waals surface area contributed by atoms with Crippen molar-refractivity contribution >= 4 is 0 Å². The average Bonchev–Trinajstić information content (AvgIpc) is 3.08. The molecule has 2 aliphatic rings. The summed E-state index contributed by atoms with van der Waals surface area (Å²) in [5.74, 6) is 3.90. The van der Waals surface area contributed by atoms with Crippen molar-refractivity contribution in [2.45, 2.75) is 51.0 Å². The van der Waals surface area contributed by atoms with Crippen LogP contribution in [-0.2, 0) is 6.61 Å². The van der Waals surface area contributed by atoms with Crippen LogP contribution in [0.25, 0.3) is 0 Å². The van der Waals surface area contributed by atoms with Crippen LogP contribution in [0.5, 0.6) is 11.5 Å². The second-order valence-electron chi connectivity index (χ2n) is 6.79. The van der Waals surface area contributed by atoms with Gasteiger partial charge in [-0.25, -0.2) is 4.98 Å². The molecule has 122 valence electrons. The number of hydrogen-bond donors (Lipinski definition) is 1. The van der Waals surface area contributed by atoms with Crippen LogP contribution in [0, 0.1) is 5.41 Å². The van der Waals surface area contributed by atoms with Gasteiger partial charge in [-0.05, 0) is 36.8 Å². The molecule has 4 rings (SSSR count). The van der Waals surface area contributed by atoms with Crippen LogP contribution in [0.2, 0.25) is 0 Å². The van der Waals surface area contributed by atoms with Crippen molar-refractivity contribution in [3.63, 3.8) is 0 Å². The first-order valence-corrected chi connectivity index (χ1v) is 8.47. The molecule has 2 fully saturated rings. The molecule has 1 spiro atoms. The zero-order chi connectivity index (χ0) is 15.7. The monoisotopic (exact) mass is 313 g/mol. The predicted molar refractivity (Wildman–Crippen MR) is 86.6 cm³/mol. The molecular weight excluding hydrogens is 290 g/mol. The molecule has 1 aromatic carbocycles. The third kappa shape index (κ3) is 2.92. The van der Waals surface area contributed by atoms with Crippen LogP contribution in [0.4, 0.5) is 0 Å². The van der Waals surface area contributed by atoms with E-state index < -0.39 is 0 Å². The Morgan fingerprint density at radius 3 is 2.87 bits per heavy atom. The topological polar surface area (TPSA) is 60.0 Å². The third-order valence-electron chi connectivity index (χ3n) is 5.32. The number of H-pyrrole nitrogens is 1. The van der Waals surface area contributed by atoms with E-state index in [0.717, 1.165) is 23.1 Å². The van der Waals surface area contributed by atoms with Gasteiger partial charge in [-0.3, -0.25) is 5.10 Å². The Morgan fingerprint density at radius 1 is 1.22 bits per heavy atom. The molecule has 2 aromatic rings. The summed E-state index contributed by atoms with van der Waals surface area (Å²) in [6.45, 7) is 0.403. The Bertz CT molecular complexity index is 676. The van der Waals surface area contributed by atoms with E-state index in [1.807, 2.05) is 24.3 Å². The maximum absolute atomic E-state index is 5.77. The number of benzene rings is 1. The van der Waals surface area contributed by atoms with E-state index in [4.69, 9.17) is 9.47 Å². The first-order chi connectivity index (χ1) is 11.3. The lowest BCUT2D eigenvalue weighted by Crippen LogP contribution is -2.09. The highest BCUT2D eigenvalue weighted by atomic mass is 16.5. The molecule has 0 aliphatic heterocycles. The van der Waals surface area contributed by atoms with Gasteiger partial charge in [-0.2, -0.15) is 5.10 Å². The standard InChI is InChI=1S/C18H23N3O2/c1-22-13-6-5-7-14(10-13)23-12-16-19-17(21-20-16)15-11-18(15)8-3-2-4-9-18/h5-7,10,15H,2-4,8-9,11-12H2,1H3,(H,19,20,21). The quantitative estimate of drug-likeness (QED) is 0.911. The van der Waals surface area contributed by atoms with E-state index >= 15 is 0 Å². The summed E-state index contributed by atoms with van der Waals surface area (Å²) in [6, 6.07) is 7.60. The van der Waals surface area contributed by atoms with Gasteiger partial charge in [-0.15, -0.1) is 0 Å². The van der Waals surface area contributed by atoms with Gasteiger partial charge in [-0.1, -0.05) is 25.3 Å². The molecule has 0 saturated heterocycles. The molecule has 0 amide bonds. The van der Waals surface area contributed by atoms with E-state index in [9.17, 15) is 0 Å². The molecule has 2 aliphatic carbocycles. The SMILES string of the molecule is COc1cccc(OCc2nc(C3CC34CCCCC4)n[nH]2)c1. The summed E-state index contributed by atoms with van der Waals surface area (Å²) in [5, 5.41) is 7.46. The van der Waals surface area contributed by atoms with Crippen LogP contribution in [-0.4, -0.2) is 22.3 Å². The number of rotatable bonds is 5. The van der Waals surface area contributed by atoms with Crippen molar-refractivity contribution in [2.75, 3.05) is 7.11 Å². The van der Waals surface area contributed by atoms with Crippen molar-refractivity contribution in [3.05, 3.63) is 35.9 Å². The zero-order valence-corrected chi connectivity index (χ0v) is 13.5. The molecule has 1 heterocycles. The first kappa shape index (κ1) is 14.5. The summed E-state index contributed by atoms with van der Waals surface area (Å²) in [4.78, 5) is 4.66. The van der Waals surface area contributed by atoms with Gasteiger partial charge in [0.15, 0.2) is 11.6 Å². The molecule has 5 nitrogen and oxygen atoms in total. The first-order valence-electron chi connectivity index (χ1n) is 8.47. The van der Waals surface area contributed by atoms with Gasteiger partial charge in [0.2, 0.25) is 0 Å². The minimum absolute atomic E-state index is 0.403. The highest BCUT2D eigenvalue weighted by Gasteiger charge is 2.56. The molecule has 1 unspecified atom stereocenters. The Labute approximate surface area is 136 Å². The minimum Gasteiger partial charge on any atom is -0.497 e. The smallest absolute Gasteiger partial charge is 0.162 e. The number of nitrogens with one attached hydrogen (secondary N) is 1. The lowest BCUT2D eigenvalue weighted by molar-refractivity contribution is 0.294. The van der Waals surface area contributed by atoms with Gasteiger partial charge < -0.3 is 9.47 Å². The third-order valence-corrected chi connectivity index (χ3v) is 5.32. The molecule has 0 bridgehead atoms. The lowest BCUT2D eigenvalue weighted by Gasteiger charge is -2.21. The van der Waals surface area contributed by atoms with Crippen LogP contribution < -0.4 is 9.47 Å². The predicted octanol–water partition coefficient (Wildman–Crippen LogP) is 3.83. The Kier molecular flexibility index (Phi) is 3.71. The van der Waals surface area contributed by atoms with Crippen molar-refractivity contribution < 1.29 is 9.47 Å². The van der Waals surface area contributed by atoms with E-state index in [1.165, 1.54) is 38.5 Å². The van der Waals surface area contributed by atoms with Crippen LogP contribution in [0.1, 0.15) is 56.1 Å². The molecular formula is C18H23N3O2. The molecule has 5 heteroatoms. The maximum Gasteiger partial charge on any atom is 0.162 e. The Hall–Kier alpha value is -2.04. The van der Waals surface area contributed by atoms with Gasteiger partial charge in [0.1, 0.15) is 18.1 Å². The Balaban J connectivity index is 1.37. The van der Waals surface area contributed by atoms with Crippen LogP contribution in [0.15, 0.2) is 24.3 Å². The lowest BCUT2D eigenvalue weighted by atomic mass is 9.84. The summed E-state index contributed by atoms with van der Waals surface area (Å²) >= 11 is 0. The second kappa shape index (κ2) is 5.87. The maximum atomic E-state index is 5.77. The van der Waals surface area contributed by atoms with E-state index in [0.29, 0.717) is 17.9 Å². The molecule has 1 N–H and O–H groups in total. The molecule has 0 radical (unpaired) electrons. The van der Waals surface area contributed by atoms with Crippen molar-refractivity contribution in [1.29, 1.82) is 0 Å². The van der Waals surface area contributed by atoms with E-state index in [-0.39, 0.29) is 0 Å². The fourth-order valence-electron chi connectivity index (χ4n) is 3.89. The van der Waals surface area contributed by atoms with E-state index in [2.05, 4.69) is 15.2 Å². The summed E-state index contributed by atoms with van der Waals surface area (Å²) in [5.41, 5.74) is 0.519.